The van der Waals surface area contributed by atoms with E-state index in [0.29, 0.717) is 5.92 Å². The Kier molecular flexibility index (Phi) is 6.35. The molecule has 0 saturated carbocycles. The molecule has 0 fully saturated rings. The standard InChI is InChI=1S/C18H20BrN3O/c1-13(2)15-5-3-14(4-6-15)11-21-22-18(23)12-20-17-9-7-16(19)8-10-17/h3-11,13,20H,12H2,1-2H3,(H,22,23)/b21-11+. The molecule has 0 spiro atoms. The van der Waals surface area contributed by atoms with Gasteiger partial charge in [-0.15, -0.1) is 0 Å². The predicted octanol–water partition coefficient (Wildman–Crippen LogP) is 4.13. The third-order valence-electron chi connectivity index (χ3n) is 3.30. The summed E-state index contributed by atoms with van der Waals surface area (Å²) in [4.78, 5) is 11.7. The summed E-state index contributed by atoms with van der Waals surface area (Å²) in [5.74, 6) is 0.313. The van der Waals surface area contributed by atoms with Gasteiger partial charge in [-0.3, -0.25) is 4.79 Å². The van der Waals surface area contributed by atoms with Crippen molar-refractivity contribution in [2.45, 2.75) is 19.8 Å². The molecule has 120 valence electrons. The van der Waals surface area contributed by atoms with Gasteiger partial charge in [-0.25, -0.2) is 5.43 Å². The number of rotatable bonds is 6. The van der Waals surface area contributed by atoms with Crippen LogP contribution in [0.25, 0.3) is 0 Å². The first-order chi connectivity index (χ1) is 11.0. The van der Waals surface area contributed by atoms with Crippen LogP contribution in [-0.2, 0) is 4.79 Å². The maximum atomic E-state index is 11.7. The molecule has 1 amide bonds. The minimum absolute atomic E-state index is 0.172. The van der Waals surface area contributed by atoms with E-state index in [4.69, 9.17) is 0 Å². The van der Waals surface area contributed by atoms with E-state index in [1.54, 1.807) is 6.21 Å². The molecule has 2 aromatic rings. The van der Waals surface area contributed by atoms with Crippen LogP contribution >= 0.6 is 15.9 Å². The molecule has 2 N–H and O–H groups in total. The van der Waals surface area contributed by atoms with Crippen molar-refractivity contribution in [2.75, 3.05) is 11.9 Å². The molecule has 0 bridgehead atoms. The smallest absolute Gasteiger partial charge is 0.259 e. The van der Waals surface area contributed by atoms with E-state index in [0.717, 1.165) is 15.7 Å². The van der Waals surface area contributed by atoms with Gasteiger partial charge in [0.2, 0.25) is 0 Å². The van der Waals surface area contributed by atoms with Crippen molar-refractivity contribution < 1.29 is 4.79 Å². The summed E-state index contributed by atoms with van der Waals surface area (Å²) in [6.07, 6.45) is 1.64. The first-order valence-corrected chi connectivity index (χ1v) is 8.25. The summed E-state index contributed by atoms with van der Waals surface area (Å²) in [6.45, 7) is 4.48. The SMILES string of the molecule is CC(C)c1ccc(/C=N/NC(=O)CNc2ccc(Br)cc2)cc1. The lowest BCUT2D eigenvalue weighted by Crippen LogP contribution is -2.25. The first-order valence-electron chi connectivity index (χ1n) is 7.46. The van der Waals surface area contributed by atoms with Crippen molar-refractivity contribution in [3.63, 3.8) is 0 Å². The number of hydrogen-bond acceptors (Lipinski definition) is 3. The molecule has 0 aliphatic heterocycles. The second kappa shape index (κ2) is 8.48. The molecule has 2 aromatic carbocycles. The van der Waals surface area contributed by atoms with Crippen molar-refractivity contribution in [1.82, 2.24) is 5.43 Å². The van der Waals surface area contributed by atoms with E-state index < -0.39 is 0 Å². The van der Waals surface area contributed by atoms with Crippen LogP contribution in [0.2, 0.25) is 0 Å². The zero-order valence-corrected chi connectivity index (χ0v) is 14.8. The Balaban J connectivity index is 1.78. The van der Waals surface area contributed by atoms with Gasteiger partial charge in [0.05, 0.1) is 12.8 Å². The minimum atomic E-state index is -0.192. The number of amides is 1. The number of nitrogens with one attached hydrogen (secondary N) is 2. The first kappa shape index (κ1) is 17.2. The third kappa shape index (κ3) is 5.87. The highest BCUT2D eigenvalue weighted by atomic mass is 79.9. The number of anilines is 1. The van der Waals surface area contributed by atoms with Gasteiger partial charge >= 0.3 is 0 Å². The van der Waals surface area contributed by atoms with Crippen LogP contribution in [0.15, 0.2) is 58.1 Å². The summed E-state index contributed by atoms with van der Waals surface area (Å²) in [5.41, 5.74) is 5.63. The molecule has 2 rings (SSSR count). The fourth-order valence-electron chi connectivity index (χ4n) is 1.94. The Morgan fingerprint density at radius 1 is 1.13 bits per heavy atom. The van der Waals surface area contributed by atoms with Gasteiger partial charge in [0.25, 0.3) is 5.91 Å². The lowest BCUT2D eigenvalue weighted by molar-refractivity contribution is -0.119. The molecule has 0 aliphatic rings. The van der Waals surface area contributed by atoms with Gasteiger partial charge in [0.1, 0.15) is 0 Å². The molecule has 0 heterocycles. The van der Waals surface area contributed by atoms with E-state index in [1.807, 2.05) is 36.4 Å². The average Bonchev–Trinajstić information content (AvgIpc) is 2.55. The molecule has 5 heteroatoms. The number of benzene rings is 2. The summed E-state index contributed by atoms with van der Waals surface area (Å²) in [5, 5.41) is 7.00. The molecule has 0 saturated heterocycles. The zero-order chi connectivity index (χ0) is 16.7. The molecule has 0 aromatic heterocycles. The molecule has 0 aliphatic carbocycles. The van der Waals surface area contributed by atoms with E-state index >= 15 is 0 Å². The van der Waals surface area contributed by atoms with Crippen LogP contribution in [0.3, 0.4) is 0 Å². The quantitative estimate of drug-likeness (QED) is 0.590. The Bertz CT molecular complexity index is 664. The number of hydrazone groups is 1. The topological polar surface area (TPSA) is 53.5 Å². The van der Waals surface area contributed by atoms with Crippen LogP contribution in [0.5, 0.6) is 0 Å². The van der Waals surface area contributed by atoms with Crippen LogP contribution < -0.4 is 10.7 Å². The average molecular weight is 374 g/mol. The van der Waals surface area contributed by atoms with Crippen molar-refractivity contribution >= 4 is 33.7 Å². The fourth-order valence-corrected chi connectivity index (χ4v) is 2.20. The maximum Gasteiger partial charge on any atom is 0.259 e. The lowest BCUT2D eigenvalue weighted by atomic mass is 10.0. The summed E-state index contributed by atoms with van der Waals surface area (Å²) in [6, 6.07) is 15.8. The highest BCUT2D eigenvalue weighted by Gasteiger charge is 2.00. The lowest BCUT2D eigenvalue weighted by Gasteiger charge is -2.05. The Labute approximate surface area is 145 Å². The van der Waals surface area contributed by atoms with Gasteiger partial charge in [0.15, 0.2) is 0 Å². The Morgan fingerprint density at radius 2 is 1.78 bits per heavy atom. The predicted molar refractivity (Wildman–Crippen MR) is 98.9 cm³/mol. The van der Waals surface area contributed by atoms with Gasteiger partial charge in [0, 0.05) is 10.2 Å². The molecular weight excluding hydrogens is 354 g/mol. The second-order valence-electron chi connectivity index (χ2n) is 5.47. The maximum absolute atomic E-state index is 11.7. The number of halogens is 1. The monoisotopic (exact) mass is 373 g/mol. The molecule has 0 atom stereocenters. The Hall–Kier alpha value is -2.14. The van der Waals surface area contributed by atoms with Crippen LogP contribution in [0, 0.1) is 0 Å². The van der Waals surface area contributed by atoms with E-state index in [-0.39, 0.29) is 12.5 Å². The van der Waals surface area contributed by atoms with Crippen molar-refractivity contribution in [1.29, 1.82) is 0 Å². The van der Waals surface area contributed by atoms with Crippen molar-refractivity contribution in [3.8, 4) is 0 Å². The second-order valence-corrected chi connectivity index (χ2v) is 6.39. The molecule has 0 unspecified atom stereocenters. The zero-order valence-electron chi connectivity index (χ0n) is 13.2. The fraction of sp³-hybridized carbons (Fsp3) is 0.222. The van der Waals surface area contributed by atoms with Crippen molar-refractivity contribution in [2.24, 2.45) is 5.10 Å². The largest absolute Gasteiger partial charge is 0.376 e. The molecule has 0 radical (unpaired) electrons. The molecular formula is C18H20BrN3O. The van der Waals surface area contributed by atoms with Gasteiger partial charge in [-0.05, 0) is 41.3 Å². The third-order valence-corrected chi connectivity index (χ3v) is 3.83. The summed E-state index contributed by atoms with van der Waals surface area (Å²) in [7, 11) is 0. The molecule has 4 nitrogen and oxygen atoms in total. The van der Waals surface area contributed by atoms with Crippen LogP contribution in [0.1, 0.15) is 30.9 Å². The van der Waals surface area contributed by atoms with E-state index in [9.17, 15) is 4.79 Å². The summed E-state index contributed by atoms with van der Waals surface area (Å²) < 4.78 is 1.00. The van der Waals surface area contributed by atoms with Crippen LogP contribution in [-0.4, -0.2) is 18.7 Å². The highest BCUT2D eigenvalue weighted by Crippen LogP contribution is 2.14. The van der Waals surface area contributed by atoms with Gasteiger partial charge in [-0.2, -0.15) is 5.10 Å². The highest BCUT2D eigenvalue weighted by molar-refractivity contribution is 9.10. The summed E-state index contributed by atoms with van der Waals surface area (Å²) >= 11 is 3.37. The normalized spacial score (nSPS) is 11.0. The van der Waals surface area contributed by atoms with Crippen molar-refractivity contribution in [3.05, 3.63) is 64.1 Å². The Morgan fingerprint density at radius 3 is 2.39 bits per heavy atom. The van der Waals surface area contributed by atoms with Crippen LogP contribution in [0.4, 0.5) is 5.69 Å². The number of carbonyl (C=O) groups excluding carboxylic acids is 1. The van der Waals surface area contributed by atoms with Gasteiger partial charge in [-0.1, -0.05) is 54.0 Å². The number of carbonyl (C=O) groups is 1. The van der Waals surface area contributed by atoms with Gasteiger partial charge < -0.3 is 5.32 Å². The van der Waals surface area contributed by atoms with E-state index in [1.165, 1.54) is 5.56 Å². The number of nitrogens with zero attached hydrogens (tertiary/aromatic N) is 1. The molecule has 23 heavy (non-hydrogen) atoms. The minimum Gasteiger partial charge on any atom is -0.376 e. The number of hydrogen-bond donors (Lipinski definition) is 2. The van der Waals surface area contributed by atoms with E-state index in [2.05, 4.69) is 57.8 Å².